The zero-order chi connectivity index (χ0) is 14.7. The molecule has 0 saturated carbocycles. The van der Waals surface area contributed by atoms with E-state index in [9.17, 15) is 5.11 Å². The minimum Gasteiger partial charge on any atom is -0.392 e. The van der Waals surface area contributed by atoms with Crippen LogP contribution in [0, 0.1) is 11.3 Å². The van der Waals surface area contributed by atoms with Crippen LogP contribution in [0.2, 0.25) is 0 Å². The minimum atomic E-state index is -0.0458. The van der Waals surface area contributed by atoms with Crippen LogP contribution in [0.15, 0.2) is 30.3 Å². The average Bonchev–Trinajstić information content (AvgIpc) is 2.55. The van der Waals surface area contributed by atoms with Gasteiger partial charge >= 0.3 is 0 Å². The summed E-state index contributed by atoms with van der Waals surface area (Å²) in [5.41, 5.74) is 6.09. The van der Waals surface area contributed by atoms with Crippen LogP contribution < -0.4 is 0 Å². The maximum atomic E-state index is 9.48. The molecule has 0 aliphatic heterocycles. The van der Waals surface area contributed by atoms with Crippen molar-refractivity contribution in [1.29, 1.82) is 5.26 Å². The molecular formula is C18H18N2O. The maximum Gasteiger partial charge on any atom is 0.0991 e. The first-order valence-corrected chi connectivity index (χ1v) is 7.40. The molecule has 0 spiro atoms. The number of aliphatic hydroxyl groups is 1. The molecule has 3 nitrogen and oxygen atoms in total. The molecule has 0 unspecified atom stereocenters. The highest BCUT2D eigenvalue weighted by atomic mass is 16.3. The van der Waals surface area contributed by atoms with Crippen molar-refractivity contribution in [2.75, 3.05) is 0 Å². The highest BCUT2D eigenvalue weighted by molar-refractivity contribution is 5.40. The average molecular weight is 278 g/mol. The van der Waals surface area contributed by atoms with Crippen molar-refractivity contribution in [2.45, 2.75) is 38.7 Å². The third-order valence-corrected chi connectivity index (χ3v) is 4.11. The summed E-state index contributed by atoms with van der Waals surface area (Å²) in [6, 6.07) is 11.9. The van der Waals surface area contributed by atoms with Crippen LogP contribution in [0.5, 0.6) is 0 Å². The first-order valence-electron chi connectivity index (χ1n) is 7.40. The second-order valence-electron chi connectivity index (χ2n) is 5.55. The Morgan fingerprint density at radius 3 is 2.76 bits per heavy atom. The molecular weight excluding hydrogens is 260 g/mol. The van der Waals surface area contributed by atoms with Gasteiger partial charge in [-0.3, -0.25) is 4.98 Å². The summed E-state index contributed by atoms with van der Waals surface area (Å²) in [4.78, 5) is 4.78. The minimum absolute atomic E-state index is 0.0458. The molecule has 0 amide bonds. The van der Waals surface area contributed by atoms with E-state index in [4.69, 9.17) is 10.2 Å². The molecule has 0 atom stereocenters. The molecule has 0 fully saturated rings. The van der Waals surface area contributed by atoms with Crippen molar-refractivity contribution >= 4 is 0 Å². The van der Waals surface area contributed by atoms with E-state index >= 15 is 0 Å². The molecule has 0 saturated heterocycles. The molecule has 3 rings (SSSR count). The Hall–Kier alpha value is -2.18. The zero-order valence-electron chi connectivity index (χ0n) is 12.0. The van der Waals surface area contributed by atoms with Gasteiger partial charge in [0.05, 0.1) is 18.2 Å². The Morgan fingerprint density at radius 2 is 1.95 bits per heavy atom. The van der Waals surface area contributed by atoms with E-state index in [-0.39, 0.29) is 6.61 Å². The Morgan fingerprint density at radius 1 is 1.10 bits per heavy atom. The lowest BCUT2D eigenvalue weighted by Gasteiger charge is -2.16. The second kappa shape index (κ2) is 6.07. The number of benzene rings is 1. The molecule has 3 heteroatoms. The Bertz CT molecular complexity index is 701. The van der Waals surface area contributed by atoms with Gasteiger partial charge in [-0.15, -0.1) is 0 Å². The third kappa shape index (κ3) is 2.96. The second-order valence-corrected chi connectivity index (χ2v) is 5.55. The lowest BCUT2D eigenvalue weighted by Crippen LogP contribution is -2.07. The van der Waals surface area contributed by atoms with E-state index in [0.29, 0.717) is 12.0 Å². The third-order valence-electron chi connectivity index (χ3n) is 4.11. The molecule has 1 aliphatic rings. The SMILES string of the molecule is N#Cc1ccc(Cc2ccc3c(n2)CCCC3)c(CO)c1. The van der Waals surface area contributed by atoms with Crippen molar-refractivity contribution < 1.29 is 5.11 Å². The first-order chi connectivity index (χ1) is 10.3. The van der Waals surface area contributed by atoms with Crippen LogP contribution >= 0.6 is 0 Å². The van der Waals surface area contributed by atoms with Gasteiger partial charge in [0.15, 0.2) is 0 Å². The fourth-order valence-electron chi connectivity index (χ4n) is 2.94. The largest absolute Gasteiger partial charge is 0.392 e. The Balaban J connectivity index is 1.88. The van der Waals surface area contributed by atoms with Crippen LogP contribution in [0.4, 0.5) is 0 Å². The molecule has 106 valence electrons. The van der Waals surface area contributed by atoms with Crippen molar-refractivity contribution in [3.05, 3.63) is 64.0 Å². The molecule has 2 aromatic rings. The highest BCUT2D eigenvalue weighted by Gasteiger charge is 2.12. The van der Waals surface area contributed by atoms with Crippen LogP contribution in [0.3, 0.4) is 0 Å². The summed E-state index contributed by atoms with van der Waals surface area (Å²) in [5.74, 6) is 0. The molecule has 1 aromatic heterocycles. The van der Waals surface area contributed by atoms with Gasteiger partial charge in [-0.1, -0.05) is 12.1 Å². The van der Waals surface area contributed by atoms with Gasteiger partial charge in [-0.2, -0.15) is 5.26 Å². The van der Waals surface area contributed by atoms with E-state index in [1.54, 1.807) is 12.1 Å². The van der Waals surface area contributed by atoms with Gasteiger partial charge in [0.2, 0.25) is 0 Å². The number of aryl methyl sites for hydroxylation is 2. The summed E-state index contributed by atoms with van der Waals surface area (Å²) >= 11 is 0. The number of aliphatic hydroxyl groups excluding tert-OH is 1. The number of aromatic nitrogens is 1. The van der Waals surface area contributed by atoms with Crippen molar-refractivity contribution in [3.8, 4) is 6.07 Å². The topological polar surface area (TPSA) is 56.9 Å². The predicted octanol–water partition coefficient (Wildman–Crippen LogP) is 2.92. The van der Waals surface area contributed by atoms with Gasteiger partial charge in [0.25, 0.3) is 0 Å². The van der Waals surface area contributed by atoms with Crippen LogP contribution in [-0.4, -0.2) is 10.1 Å². The highest BCUT2D eigenvalue weighted by Crippen LogP contribution is 2.21. The Labute approximate surface area is 124 Å². The van der Waals surface area contributed by atoms with E-state index in [1.807, 2.05) is 6.07 Å². The van der Waals surface area contributed by atoms with Gasteiger partial charge in [-0.25, -0.2) is 0 Å². The number of nitriles is 1. The first kappa shape index (κ1) is 13.8. The quantitative estimate of drug-likeness (QED) is 0.939. The summed E-state index contributed by atoms with van der Waals surface area (Å²) in [7, 11) is 0. The number of nitrogens with zero attached hydrogens (tertiary/aromatic N) is 2. The van der Waals surface area contributed by atoms with Crippen LogP contribution in [0.25, 0.3) is 0 Å². The zero-order valence-corrected chi connectivity index (χ0v) is 12.0. The summed E-state index contributed by atoms with van der Waals surface area (Å²) in [5, 5.41) is 18.4. The molecule has 0 radical (unpaired) electrons. The Kier molecular flexibility index (Phi) is 3.98. The molecule has 1 heterocycles. The smallest absolute Gasteiger partial charge is 0.0991 e. The van der Waals surface area contributed by atoms with E-state index in [0.717, 1.165) is 29.7 Å². The van der Waals surface area contributed by atoms with Gasteiger partial charge < -0.3 is 5.11 Å². The van der Waals surface area contributed by atoms with Gasteiger partial charge in [0, 0.05) is 17.8 Å². The maximum absolute atomic E-state index is 9.48. The lowest BCUT2D eigenvalue weighted by atomic mass is 9.94. The summed E-state index contributed by atoms with van der Waals surface area (Å²) < 4.78 is 0. The molecule has 21 heavy (non-hydrogen) atoms. The van der Waals surface area contributed by atoms with E-state index in [2.05, 4.69) is 18.2 Å². The van der Waals surface area contributed by atoms with Gasteiger partial charge in [-0.05, 0) is 60.6 Å². The van der Waals surface area contributed by atoms with Crippen molar-refractivity contribution in [2.24, 2.45) is 0 Å². The standard InChI is InChI=1S/C18H18N2O/c19-11-13-5-6-15(16(9-13)12-21)10-17-8-7-14-3-1-2-4-18(14)20-17/h5-9,21H,1-4,10,12H2. The predicted molar refractivity (Wildman–Crippen MR) is 80.8 cm³/mol. The summed E-state index contributed by atoms with van der Waals surface area (Å²) in [6.07, 6.45) is 5.40. The molecule has 1 aliphatic carbocycles. The monoisotopic (exact) mass is 278 g/mol. The summed E-state index contributed by atoms with van der Waals surface area (Å²) in [6.45, 7) is -0.0458. The molecule has 0 bridgehead atoms. The van der Waals surface area contributed by atoms with E-state index < -0.39 is 0 Å². The van der Waals surface area contributed by atoms with E-state index in [1.165, 1.54) is 24.1 Å². The van der Waals surface area contributed by atoms with Crippen molar-refractivity contribution in [3.63, 3.8) is 0 Å². The number of hydrogen-bond acceptors (Lipinski definition) is 3. The number of fused-ring (bicyclic) bond motifs is 1. The lowest BCUT2D eigenvalue weighted by molar-refractivity contribution is 0.280. The van der Waals surface area contributed by atoms with Gasteiger partial charge in [0.1, 0.15) is 0 Å². The fourth-order valence-corrected chi connectivity index (χ4v) is 2.94. The molecule has 1 N–H and O–H groups in total. The van der Waals surface area contributed by atoms with Crippen molar-refractivity contribution in [1.82, 2.24) is 4.98 Å². The van der Waals surface area contributed by atoms with Crippen LogP contribution in [-0.2, 0) is 25.9 Å². The molecule has 1 aromatic carbocycles. The fraction of sp³-hybridized carbons (Fsp3) is 0.333. The normalized spacial score (nSPS) is 13.5. The number of pyridine rings is 1. The number of rotatable bonds is 3. The number of hydrogen-bond donors (Lipinski definition) is 1. The van der Waals surface area contributed by atoms with Crippen LogP contribution in [0.1, 0.15) is 46.5 Å².